The van der Waals surface area contributed by atoms with Crippen molar-refractivity contribution in [1.29, 1.82) is 0 Å². The number of rotatable bonds is 6. The van der Waals surface area contributed by atoms with Gasteiger partial charge in [0, 0.05) is 31.3 Å². The summed E-state index contributed by atoms with van der Waals surface area (Å²) in [4.78, 5) is 11.9. The fourth-order valence-electron chi connectivity index (χ4n) is 2.23. The maximum atomic E-state index is 12.8. The van der Waals surface area contributed by atoms with Gasteiger partial charge in [0.05, 0.1) is 0 Å². The van der Waals surface area contributed by atoms with Crippen molar-refractivity contribution in [3.8, 4) is 11.5 Å². The predicted molar refractivity (Wildman–Crippen MR) is 83.9 cm³/mol. The highest BCUT2D eigenvalue weighted by Crippen LogP contribution is 2.34. The number of ether oxygens (including phenoxy) is 2. The molecule has 0 unspecified atom stereocenters. The number of anilines is 1. The van der Waals surface area contributed by atoms with Crippen molar-refractivity contribution in [2.45, 2.75) is 13.0 Å². The van der Waals surface area contributed by atoms with Crippen LogP contribution in [0.5, 0.6) is 11.5 Å². The van der Waals surface area contributed by atoms with Crippen LogP contribution in [-0.2, 0) is 11.3 Å². The molecule has 2 N–H and O–H groups in total. The van der Waals surface area contributed by atoms with Crippen LogP contribution >= 0.6 is 0 Å². The lowest BCUT2D eigenvalue weighted by molar-refractivity contribution is -0.116. The fraction of sp³-hybridized carbons (Fsp3) is 0.235. The molecule has 3 rings (SSSR count). The number of hydrogen-bond acceptors (Lipinski definition) is 4. The molecular formula is C17H17FN2O3. The van der Waals surface area contributed by atoms with E-state index in [1.807, 2.05) is 0 Å². The summed E-state index contributed by atoms with van der Waals surface area (Å²) in [6.45, 7) is 1.34. The first-order chi connectivity index (χ1) is 11.2. The molecule has 0 radical (unpaired) electrons. The molecule has 6 heteroatoms. The van der Waals surface area contributed by atoms with Gasteiger partial charge in [-0.3, -0.25) is 4.79 Å². The second kappa shape index (κ2) is 7.11. The van der Waals surface area contributed by atoms with E-state index in [1.165, 1.54) is 12.1 Å². The summed E-state index contributed by atoms with van der Waals surface area (Å²) in [5.74, 6) is 0.980. The van der Waals surface area contributed by atoms with E-state index in [0.717, 1.165) is 5.56 Å². The Morgan fingerprint density at radius 2 is 1.87 bits per heavy atom. The molecule has 1 aliphatic heterocycles. The second-order valence-corrected chi connectivity index (χ2v) is 5.17. The summed E-state index contributed by atoms with van der Waals surface area (Å²) in [5.41, 5.74) is 1.65. The van der Waals surface area contributed by atoms with Crippen molar-refractivity contribution in [1.82, 2.24) is 5.32 Å². The zero-order valence-electron chi connectivity index (χ0n) is 12.5. The van der Waals surface area contributed by atoms with Crippen molar-refractivity contribution in [3.63, 3.8) is 0 Å². The van der Waals surface area contributed by atoms with Gasteiger partial charge in [0.1, 0.15) is 5.82 Å². The Kier molecular flexibility index (Phi) is 4.73. The molecule has 0 saturated heterocycles. The molecule has 0 aliphatic carbocycles. The van der Waals surface area contributed by atoms with Crippen LogP contribution in [0.1, 0.15) is 12.0 Å². The minimum atomic E-state index is -0.253. The number of benzene rings is 2. The van der Waals surface area contributed by atoms with Gasteiger partial charge in [-0.2, -0.15) is 0 Å². The topological polar surface area (TPSA) is 59.6 Å². The van der Waals surface area contributed by atoms with Gasteiger partial charge in [0.2, 0.25) is 12.7 Å². The lowest BCUT2D eigenvalue weighted by Crippen LogP contribution is -2.21. The summed E-state index contributed by atoms with van der Waals surface area (Å²) in [7, 11) is 0. The molecule has 1 heterocycles. The van der Waals surface area contributed by atoms with E-state index < -0.39 is 0 Å². The van der Waals surface area contributed by atoms with Gasteiger partial charge in [-0.25, -0.2) is 4.39 Å². The van der Waals surface area contributed by atoms with E-state index in [1.54, 1.807) is 30.3 Å². The van der Waals surface area contributed by atoms with Crippen LogP contribution in [0.3, 0.4) is 0 Å². The third-order valence-corrected chi connectivity index (χ3v) is 3.43. The minimum Gasteiger partial charge on any atom is -0.454 e. The smallest absolute Gasteiger partial charge is 0.231 e. The van der Waals surface area contributed by atoms with Crippen molar-refractivity contribution >= 4 is 11.6 Å². The summed E-state index contributed by atoms with van der Waals surface area (Å²) < 4.78 is 23.3. The highest BCUT2D eigenvalue weighted by Gasteiger charge is 2.13. The summed E-state index contributed by atoms with van der Waals surface area (Å²) in [5, 5.41) is 5.97. The van der Waals surface area contributed by atoms with Crippen LogP contribution in [-0.4, -0.2) is 19.2 Å². The van der Waals surface area contributed by atoms with Gasteiger partial charge in [-0.15, -0.1) is 0 Å². The lowest BCUT2D eigenvalue weighted by atomic mass is 10.2. The van der Waals surface area contributed by atoms with E-state index >= 15 is 0 Å². The van der Waals surface area contributed by atoms with E-state index in [9.17, 15) is 9.18 Å². The number of nitrogens with one attached hydrogen (secondary N) is 2. The van der Waals surface area contributed by atoms with Gasteiger partial charge < -0.3 is 20.1 Å². The second-order valence-electron chi connectivity index (χ2n) is 5.17. The molecule has 0 bridgehead atoms. The zero-order chi connectivity index (χ0) is 16.1. The minimum absolute atomic E-state index is 0.0875. The van der Waals surface area contributed by atoms with Crippen molar-refractivity contribution in [2.24, 2.45) is 0 Å². The molecule has 5 nitrogen and oxygen atoms in total. The monoisotopic (exact) mass is 316 g/mol. The van der Waals surface area contributed by atoms with E-state index in [4.69, 9.17) is 9.47 Å². The first kappa shape index (κ1) is 15.3. The van der Waals surface area contributed by atoms with Crippen molar-refractivity contribution < 1.29 is 18.7 Å². The normalized spacial score (nSPS) is 12.2. The Balaban J connectivity index is 1.40. The molecule has 1 amide bonds. The largest absolute Gasteiger partial charge is 0.454 e. The Labute approximate surface area is 133 Å². The molecule has 0 saturated carbocycles. The maximum absolute atomic E-state index is 12.8. The SMILES string of the molecule is O=C(CCNCc1ccc(F)cc1)Nc1ccc2c(c1)OCO2. The third kappa shape index (κ3) is 4.20. The van der Waals surface area contributed by atoms with E-state index in [0.29, 0.717) is 36.7 Å². The highest BCUT2D eigenvalue weighted by molar-refractivity contribution is 5.91. The van der Waals surface area contributed by atoms with Gasteiger partial charge in [-0.05, 0) is 29.8 Å². The maximum Gasteiger partial charge on any atom is 0.231 e. The molecule has 0 aromatic heterocycles. The quantitative estimate of drug-likeness (QED) is 0.805. The molecular weight excluding hydrogens is 299 g/mol. The standard InChI is InChI=1S/C17H17FN2O3/c18-13-3-1-12(2-4-13)10-19-8-7-17(21)20-14-5-6-15-16(9-14)23-11-22-15/h1-6,9,19H,7-8,10-11H2,(H,20,21). The Morgan fingerprint density at radius 1 is 1.09 bits per heavy atom. The zero-order valence-corrected chi connectivity index (χ0v) is 12.5. The van der Waals surface area contributed by atoms with E-state index in [2.05, 4.69) is 10.6 Å². The Bertz CT molecular complexity index is 689. The average molecular weight is 316 g/mol. The summed E-state index contributed by atoms with van der Waals surface area (Å²) >= 11 is 0. The first-order valence-electron chi connectivity index (χ1n) is 7.35. The van der Waals surface area contributed by atoms with Gasteiger partial charge in [-0.1, -0.05) is 12.1 Å². The average Bonchev–Trinajstić information content (AvgIpc) is 3.01. The molecule has 0 fully saturated rings. The Hall–Kier alpha value is -2.60. The van der Waals surface area contributed by atoms with Crippen molar-refractivity contribution in [3.05, 3.63) is 53.8 Å². The first-order valence-corrected chi connectivity index (χ1v) is 7.35. The fourth-order valence-corrected chi connectivity index (χ4v) is 2.23. The predicted octanol–water partition coefficient (Wildman–Crippen LogP) is 2.67. The number of amides is 1. The van der Waals surface area contributed by atoms with Crippen LogP contribution in [0.15, 0.2) is 42.5 Å². The van der Waals surface area contributed by atoms with Gasteiger partial charge >= 0.3 is 0 Å². The number of halogens is 1. The molecule has 0 atom stereocenters. The van der Waals surface area contributed by atoms with Crippen molar-refractivity contribution in [2.75, 3.05) is 18.7 Å². The third-order valence-electron chi connectivity index (χ3n) is 3.43. The van der Waals surface area contributed by atoms with Crippen LogP contribution in [0.4, 0.5) is 10.1 Å². The number of carbonyl (C=O) groups excluding carboxylic acids is 1. The molecule has 0 spiro atoms. The van der Waals surface area contributed by atoms with Gasteiger partial charge in [0.15, 0.2) is 11.5 Å². The molecule has 1 aliphatic rings. The summed E-state index contributed by atoms with van der Waals surface area (Å²) in [6.07, 6.45) is 0.343. The number of carbonyl (C=O) groups is 1. The Morgan fingerprint density at radius 3 is 2.70 bits per heavy atom. The van der Waals surface area contributed by atoms with Crippen LogP contribution in [0.25, 0.3) is 0 Å². The number of hydrogen-bond donors (Lipinski definition) is 2. The molecule has 2 aromatic carbocycles. The van der Waals surface area contributed by atoms with Crippen LogP contribution < -0.4 is 20.1 Å². The van der Waals surface area contributed by atoms with Crippen LogP contribution in [0.2, 0.25) is 0 Å². The number of fused-ring (bicyclic) bond motifs is 1. The highest BCUT2D eigenvalue weighted by atomic mass is 19.1. The van der Waals surface area contributed by atoms with Gasteiger partial charge in [0.25, 0.3) is 0 Å². The molecule has 120 valence electrons. The summed E-state index contributed by atoms with van der Waals surface area (Å²) in [6, 6.07) is 11.6. The lowest BCUT2D eigenvalue weighted by Gasteiger charge is -2.07. The van der Waals surface area contributed by atoms with Crippen LogP contribution in [0, 0.1) is 5.82 Å². The molecule has 2 aromatic rings. The molecule has 23 heavy (non-hydrogen) atoms. The van der Waals surface area contributed by atoms with E-state index in [-0.39, 0.29) is 18.5 Å².